The average Bonchev–Trinajstić information content (AvgIpc) is 2.75. The molecule has 3 heteroatoms. The Kier molecular flexibility index (Phi) is 3.83. The molecule has 0 aliphatic carbocycles. The van der Waals surface area contributed by atoms with E-state index in [1.807, 2.05) is 13.1 Å². The zero-order chi connectivity index (χ0) is 13.2. The molecule has 1 aromatic carbocycles. The molecule has 1 N–H and O–H groups in total. The van der Waals surface area contributed by atoms with Gasteiger partial charge in [-0.3, -0.25) is 0 Å². The lowest BCUT2D eigenvalue weighted by Crippen LogP contribution is -2.16. The Morgan fingerprint density at radius 1 is 1.17 bits per heavy atom. The van der Waals surface area contributed by atoms with Gasteiger partial charge in [-0.1, -0.05) is 51.1 Å². The van der Waals surface area contributed by atoms with Crippen molar-refractivity contribution < 1.29 is 0 Å². The average molecular weight is 260 g/mol. The minimum absolute atomic E-state index is 0.0930. The van der Waals surface area contributed by atoms with Crippen LogP contribution in [0.25, 0.3) is 10.6 Å². The fraction of sp³-hybridized carbons (Fsp3) is 0.400. The summed E-state index contributed by atoms with van der Waals surface area (Å²) in [5, 5.41) is 4.35. The molecule has 0 aliphatic heterocycles. The number of hydrogen-bond donors (Lipinski definition) is 1. The number of benzene rings is 1. The molecule has 96 valence electrons. The summed E-state index contributed by atoms with van der Waals surface area (Å²) in [5.74, 6) is 0. The van der Waals surface area contributed by atoms with Gasteiger partial charge in [0.25, 0.3) is 0 Å². The fourth-order valence-electron chi connectivity index (χ4n) is 1.92. The van der Waals surface area contributed by atoms with Gasteiger partial charge in [0.2, 0.25) is 0 Å². The molecule has 2 nitrogen and oxygen atoms in total. The first-order valence-electron chi connectivity index (χ1n) is 6.22. The molecule has 0 atom stereocenters. The zero-order valence-corrected chi connectivity index (χ0v) is 12.3. The molecule has 0 amide bonds. The normalized spacial score (nSPS) is 11.8. The van der Waals surface area contributed by atoms with E-state index in [1.54, 1.807) is 11.3 Å². The monoisotopic (exact) mass is 260 g/mol. The van der Waals surface area contributed by atoms with Crippen LogP contribution in [0.3, 0.4) is 0 Å². The van der Waals surface area contributed by atoms with Crippen LogP contribution in [0.2, 0.25) is 0 Å². The molecule has 0 spiro atoms. The maximum absolute atomic E-state index is 4.85. The van der Waals surface area contributed by atoms with Crippen LogP contribution < -0.4 is 5.32 Å². The molecular weight excluding hydrogens is 240 g/mol. The van der Waals surface area contributed by atoms with Crippen molar-refractivity contribution in [2.24, 2.45) is 0 Å². The van der Waals surface area contributed by atoms with E-state index in [-0.39, 0.29) is 5.41 Å². The van der Waals surface area contributed by atoms with E-state index < -0.39 is 0 Å². The van der Waals surface area contributed by atoms with E-state index in [0.29, 0.717) is 0 Å². The lowest BCUT2D eigenvalue weighted by atomic mass is 9.91. The topological polar surface area (TPSA) is 24.9 Å². The molecule has 1 aromatic heterocycles. The van der Waals surface area contributed by atoms with E-state index in [0.717, 1.165) is 11.6 Å². The van der Waals surface area contributed by atoms with Crippen molar-refractivity contribution in [2.75, 3.05) is 7.05 Å². The highest BCUT2D eigenvalue weighted by Gasteiger charge is 2.23. The van der Waals surface area contributed by atoms with Gasteiger partial charge in [-0.25, -0.2) is 4.98 Å². The van der Waals surface area contributed by atoms with E-state index in [1.165, 1.54) is 16.1 Å². The highest BCUT2D eigenvalue weighted by molar-refractivity contribution is 7.15. The Labute approximate surface area is 113 Å². The molecule has 0 saturated carbocycles. The van der Waals surface area contributed by atoms with Gasteiger partial charge in [0, 0.05) is 22.4 Å². The minimum Gasteiger partial charge on any atom is -0.315 e. The number of thiazole rings is 1. The van der Waals surface area contributed by atoms with Gasteiger partial charge >= 0.3 is 0 Å². The van der Waals surface area contributed by atoms with Gasteiger partial charge in [-0.15, -0.1) is 11.3 Å². The van der Waals surface area contributed by atoms with Crippen molar-refractivity contribution in [1.29, 1.82) is 0 Å². The van der Waals surface area contributed by atoms with Crippen LogP contribution in [-0.2, 0) is 12.0 Å². The number of nitrogens with one attached hydrogen (secondary N) is 1. The summed E-state index contributed by atoms with van der Waals surface area (Å²) in [6, 6.07) is 10.4. The van der Waals surface area contributed by atoms with Crippen molar-refractivity contribution in [3.8, 4) is 10.6 Å². The minimum atomic E-state index is 0.0930. The smallest absolute Gasteiger partial charge is 0.123 e. The summed E-state index contributed by atoms with van der Waals surface area (Å²) in [6.45, 7) is 7.54. The number of aromatic nitrogens is 1. The third-order valence-electron chi connectivity index (χ3n) is 2.77. The standard InChI is InChI=1S/C15H20N2S/c1-15(2,3)13-12(10-16-4)18-14(17-13)11-8-6-5-7-9-11/h5-9,16H,10H2,1-4H3. The van der Waals surface area contributed by atoms with Crippen LogP contribution >= 0.6 is 11.3 Å². The third kappa shape index (κ3) is 2.79. The Bertz CT molecular complexity index is 509. The molecule has 0 bridgehead atoms. The predicted molar refractivity (Wildman–Crippen MR) is 79.0 cm³/mol. The lowest BCUT2D eigenvalue weighted by Gasteiger charge is -2.17. The van der Waals surface area contributed by atoms with Crippen LogP contribution in [0.1, 0.15) is 31.3 Å². The second-order valence-electron chi connectivity index (χ2n) is 5.44. The van der Waals surface area contributed by atoms with Gasteiger partial charge in [-0.05, 0) is 7.05 Å². The molecule has 2 aromatic rings. The first kappa shape index (κ1) is 13.2. The third-order valence-corrected chi connectivity index (χ3v) is 3.87. The van der Waals surface area contributed by atoms with Crippen LogP contribution in [-0.4, -0.2) is 12.0 Å². The number of nitrogens with zero attached hydrogens (tertiary/aromatic N) is 1. The van der Waals surface area contributed by atoms with Crippen molar-refractivity contribution in [1.82, 2.24) is 10.3 Å². The molecule has 0 fully saturated rings. The SMILES string of the molecule is CNCc1sc(-c2ccccc2)nc1C(C)(C)C. The summed E-state index contributed by atoms with van der Waals surface area (Å²) in [7, 11) is 1.98. The van der Waals surface area contributed by atoms with Gasteiger partial charge in [0.1, 0.15) is 5.01 Å². The maximum atomic E-state index is 4.85. The van der Waals surface area contributed by atoms with Gasteiger partial charge in [0.05, 0.1) is 5.69 Å². The summed E-state index contributed by atoms with van der Waals surface area (Å²) in [4.78, 5) is 6.19. The first-order valence-corrected chi connectivity index (χ1v) is 7.04. The molecule has 0 aliphatic rings. The molecule has 18 heavy (non-hydrogen) atoms. The Hall–Kier alpha value is -1.19. The maximum Gasteiger partial charge on any atom is 0.123 e. The highest BCUT2D eigenvalue weighted by atomic mass is 32.1. The number of rotatable bonds is 3. The van der Waals surface area contributed by atoms with Crippen molar-refractivity contribution in [2.45, 2.75) is 32.7 Å². The van der Waals surface area contributed by atoms with Gasteiger partial charge in [0.15, 0.2) is 0 Å². The summed E-state index contributed by atoms with van der Waals surface area (Å²) < 4.78 is 0. The summed E-state index contributed by atoms with van der Waals surface area (Å²) >= 11 is 1.79. The Morgan fingerprint density at radius 3 is 2.39 bits per heavy atom. The Morgan fingerprint density at radius 2 is 1.83 bits per heavy atom. The fourth-order valence-corrected chi connectivity index (χ4v) is 3.21. The van der Waals surface area contributed by atoms with Crippen LogP contribution in [0.5, 0.6) is 0 Å². The van der Waals surface area contributed by atoms with Crippen molar-refractivity contribution >= 4 is 11.3 Å². The molecule has 0 unspecified atom stereocenters. The van der Waals surface area contributed by atoms with Gasteiger partial charge in [-0.2, -0.15) is 0 Å². The zero-order valence-electron chi connectivity index (χ0n) is 11.4. The summed E-state index contributed by atoms with van der Waals surface area (Å²) in [6.07, 6.45) is 0. The van der Waals surface area contributed by atoms with E-state index in [2.05, 4.69) is 50.4 Å². The van der Waals surface area contributed by atoms with Gasteiger partial charge < -0.3 is 5.32 Å². The van der Waals surface area contributed by atoms with Crippen LogP contribution in [0, 0.1) is 0 Å². The molecule has 1 heterocycles. The highest BCUT2D eigenvalue weighted by Crippen LogP contribution is 2.34. The largest absolute Gasteiger partial charge is 0.315 e. The molecule has 0 radical (unpaired) electrons. The second-order valence-corrected chi connectivity index (χ2v) is 6.52. The van der Waals surface area contributed by atoms with E-state index >= 15 is 0 Å². The van der Waals surface area contributed by atoms with E-state index in [9.17, 15) is 0 Å². The first-order chi connectivity index (χ1) is 8.52. The predicted octanol–water partition coefficient (Wildman–Crippen LogP) is 3.83. The second kappa shape index (κ2) is 5.21. The lowest BCUT2D eigenvalue weighted by molar-refractivity contribution is 0.563. The van der Waals surface area contributed by atoms with E-state index in [4.69, 9.17) is 4.98 Å². The van der Waals surface area contributed by atoms with Crippen LogP contribution in [0.4, 0.5) is 0 Å². The number of hydrogen-bond acceptors (Lipinski definition) is 3. The Balaban J connectivity index is 2.46. The summed E-state index contributed by atoms with van der Waals surface area (Å²) in [5.41, 5.74) is 2.51. The quantitative estimate of drug-likeness (QED) is 0.907. The molecule has 0 saturated heterocycles. The van der Waals surface area contributed by atoms with Crippen molar-refractivity contribution in [3.05, 3.63) is 40.9 Å². The molecular formula is C15H20N2S. The molecule has 2 rings (SSSR count). The van der Waals surface area contributed by atoms with Crippen LogP contribution in [0.15, 0.2) is 30.3 Å². The van der Waals surface area contributed by atoms with Crippen molar-refractivity contribution in [3.63, 3.8) is 0 Å².